The third kappa shape index (κ3) is 4.93. The van der Waals surface area contributed by atoms with Crippen molar-refractivity contribution in [3.63, 3.8) is 0 Å². The minimum Gasteiger partial charge on any atom is -0.477 e. The second-order valence-electron chi connectivity index (χ2n) is 9.14. The number of rotatable bonds is 8. The number of hydrogen-bond acceptors (Lipinski definition) is 8. The highest BCUT2D eigenvalue weighted by atomic mass is 16.7. The molecule has 1 N–H and O–H groups in total. The largest absolute Gasteiger partial charge is 0.477 e. The van der Waals surface area contributed by atoms with Crippen LogP contribution in [0.15, 0.2) is 52.9 Å². The van der Waals surface area contributed by atoms with Crippen LogP contribution in [0.5, 0.6) is 17.4 Å². The first-order valence-electron chi connectivity index (χ1n) is 12.3. The van der Waals surface area contributed by atoms with Crippen LogP contribution < -0.4 is 19.5 Å². The van der Waals surface area contributed by atoms with Gasteiger partial charge in [-0.15, -0.1) is 10.2 Å². The van der Waals surface area contributed by atoms with Crippen molar-refractivity contribution < 1.29 is 18.6 Å². The Bertz CT molecular complexity index is 1300. The van der Waals surface area contributed by atoms with Crippen LogP contribution in [0.2, 0.25) is 0 Å². The van der Waals surface area contributed by atoms with Crippen molar-refractivity contribution in [2.24, 2.45) is 5.92 Å². The predicted molar refractivity (Wildman–Crippen MR) is 130 cm³/mol. The highest BCUT2D eigenvalue weighted by Crippen LogP contribution is 2.37. The topological polar surface area (TPSA) is 91.5 Å². The fourth-order valence-corrected chi connectivity index (χ4v) is 4.72. The third-order valence-corrected chi connectivity index (χ3v) is 6.61. The van der Waals surface area contributed by atoms with Crippen LogP contribution in [0.1, 0.15) is 43.6 Å². The average Bonchev–Trinajstić information content (AvgIpc) is 3.56. The van der Waals surface area contributed by atoms with Gasteiger partial charge < -0.3 is 23.9 Å². The zero-order valence-corrected chi connectivity index (χ0v) is 19.5. The van der Waals surface area contributed by atoms with E-state index in [1.54, 1.807) is 0 Å². The molecule has 1 aliphatic heterocycles. The van der Waals surface area contributed by atoms with E-state index in [1.165, 1.54) is 32.1 Å². The zero-order valence-electron chi connectivity index (χ0n) is 19.5. The van der Waals surface area contributed by atoms with E-state index in [-0.39, 0.29) is 6.79 Å². The van der Waals surface area contributed by atoms with Crippen LogP contribution in [0.25, 0.3) is 22.4 Å². The summed E-state index contributed by atoms with van der Waals surface area (Å²) in [6, 6.07) is 15.8. The molecule has 0 spiro atoms. The minimum atomic E-state index is 0.236. The molecule has 8 nitrogen and oxygen atoms in total. The summed E-state index contributed by atoms with van der Waals surface area (Å²) in [5.41, 5.74) is 2.72. The van der Waals surface area contributed by atoms with E-state index in [0.29, 0.717) is 43.3 Å². The summed E-state index contributed by atoms with van der Waals surface area (Å²) in [6.45, 7) is 1.93. The summed E-state index contributed by atoms with van der Waals surface area (Å²) < 4.78 is 23.2. The van der Waals surface area contributed by atoms with Gasteiger partial charge in [-0.25, -0.2) is 4.98 Å². The predicted octanol–water partition coefficient (Wildman–Crippen LogP) is 5.26. The Morgan fingerprint density at radius 2 is 1.74 bits per heavy atom. The lowest BCUT2D eigenvalue weighted by Crippen LogP contribution is -2.18. The summed E-state index contributed by atoms with van der Waals surface area (Å²) in [6.07, 6.45) is 6.34. The number of ether oxygens (including phenoxy) is 3. The van der Waals surface area contributed by atoms with Gasteiger partial charge in [-0.05, 0) is 43.0 Å². The number of nitrogens with one attached hydrogen (secondary N) is 1. The Hall–Kier alpha value is -3.65. The van der Waals surface area contributed by atoms with Crippen molar-refractivity contribution in [2.75, 3.05) is 13.4 Å². The lowest BCUT2D eigenvalue weighted by molar-refractivity contribution is 0.174. The maximum atomic E-state index is 6.29. The standard InChI is InChI=1S/C27H28N4O4/c1-3-7-18(8-4-1)16-32-26-21(11-20-12-23-24(34-17-33-23)13-22(20)29-26)14-28-15-25-30-31-27(35-25)19-9-5-2-6-10-19/h2,5-6,9-13,18,28H,1,3-4,7-8,14-17H2. The molecule has 1 saturated carbocycles. The van der Waals surface area contributed by atoms with Crippen molar-refractivity contribution in [3.8, 4) is 28.8 Å². The Morgan fingerprint density at radius 1 is 0.914 bits per heavy atom. The molecule has 6 rings (SSSR count). The van der Waals surface area contributed by atoms with E-state index in [9.17, 15) is 0 Å². The Morgan fingerprint density at radius 3 is 2.60 bits per heavy atom. The molecule has 35 heavy (non-hydrogen) atoms. The molecule has 2 aromatic heterocycles. The molecule has 1 fully saturated rings. The molecule has 2 aliphatic rings. The molecule has 180 valence electrons. The van der Waals surface area contributed by atoms with E-state index in [1.807, 2.05) is 42.5 Å². The van der Waals surface area contributed by atoms with Gasteiger partial charge in [0.15, 0.2) is 11.5 Å². The summed E-state index contributed by atoms with van der Waals surface area (Å²) >= 11 is 0. The molecule has 0 radical (unpaired) electrons. The lowest BCUT2D eigenvalue weighted by atomic mass is 9.90. The monoisotopic (exact) mass is 472 g/mol. The van der Waals surface area contributed by atoms with Crippen LogP contribution in [0.4, 0.5) is 0 Å². The van der Waals surface area contributed by atoms with Gasteiger partial charge in [0, 0.05) is 29.1 Å². The van der Waals surface area contributed by atoms with Gasteiger partial charge in [0.05, 0.1) is 18.7 Å². The van der Waals surface area contributed by atoms with Crippen LogP contribution in [0, 0.1) is 5.92 Å². The highest BCUT2D eigenvalue weighted by molar-refractivity contribution is 5.84. The number of fused-ring (bicyclic) bond motifs is 2. The lowest BCUT2D eigenvalue weighted by Gasteiger charge is -2.22. The third-order valence-electron chi connectivity index (χ3n) is 6.61. The molecule has 0 amide bonds. The van der Waals surface area contributed by atoms with Crippen LogP contribution in [0.3, 0.4) is 0 Å². The Labute approximate surface area is 203 Å². The van der Waals surface area contributed by atoms with Crippen LogP contribution in [-0.2, 0) is 13.1 Å². The molecular formula is C27H28N4O4. The molecular weight excluding hydrogens is 444 g/mol. The van der Waals surface area contributed by atoms with Crippen molar-refractivity contribution in [2.45, 2.75) is 45.2 Å². The van der Waals surface area contributed by atoms with Gasteiger partial charge in [0.25, 0.3) is 0 Å². The maximum absolute atomic E-state index is 6.29. The van der Waals surface area contributed by atoms with Gasteiger partial charge in [-0.2, -0.15) is 0 Å². The van der Waals surface area contributed by atoms with Crippen molar-refractivity contribution in [1.82, 2.24) is 20.5 Å². The number of aromatic nitrogens is 3. The summed E-state index contributed by atoms with van der Waals surface area (Å²) in [5, 5.41) is 12.7. The second kappa shape index (κ2) is 9.92. The van der Waals surface area contributed by atoms with Gasteiger partial charge >= 0.3 is 0 Å². The van der Waals surface area contributed by atoms with E-state index in [4.69, 9.17) is 23.6 Å². The van der Waals surface area contributed by atoms with Gasteiger partial charge in [-0.3, -0.25) is 0 Å². The molecule has 3 heterocycles. The normalized spacial score (nSPS) is 15.5. The zero-order chi connectivity index (χ0) is 23.5. The van der Waals surface area contributed by atoms with Crippen molar-refractivity contribution >= 4 is 10.9 Å². The van der Waals surface area contributed by atoms with E-state index < -0.39 is 0 Å². The number of hydrogen-bond donors (Lipinski definition) is 1. The Kier molecular flexibility index (Phi) is 6.19. The second-order valence-corrected chi connectivity index (χ2v) is 9.14. The SMILES string of the molecule is c1ccc(-c2nnc(CNCc3cc4cc5c(cc4nc3OCC3CCCCC3)OCO5)o2)cc1. The highest BCUT2D eigenvalue weighted by Gasteiger charge is 2.19. The first-order valence-corrected chi connectivity index (χ1v) is 12.3. The van der Waals surface area contributed by atoms with Gasteiger partial charge in [-0.1, -0.05) is 37.5 Å². The fraction of sp³-hybridized carbons (Fsp3) is 0.370. The Balaban J connectivity index is 1.19. The molecule has 0 saturated heterocycles. The van der Waals surface area contributed by atoms with Crippen molar-refractivity contribution in [1.29, 1.82) is 0 Å². The summed E-state index contributed by atoms with van der Waals surface area (Å²) in [4.78, 5) is 4.86. The van der Waals surface area contributed by atoms with Crippen LogP contribution >= 0.6 is 0 Å². The quantitative estimate of drug-likeness (QED) is 0.371. The number of nitrogens with zero attached hydrogens (tertiary/aromatic N) is 3. The molecule has 4 aromatic rings. The first-order chi connectivity index (χ1) is 17.3. The fourth-order valence-electron chi connectivity index (χ4n) is 4.72. The van der Waals surface area contributed by atoms with Crippen molar-refractivity contribution in [3.05, 3.63) is 60.0 Å². The van der Waals surface area contributed by atoms with E-state index in [0.717, 1.165) is 33.5 Å². The molecule has 0 bridgehead atoms. The van der Waals surface area contributed by atoms with E-state index in [2.05, 4.69) is 21.6 Å². The molecule has 8 heteroatoms. The maximum Gasteiger partial charge on any atom is 0.247 e. The number of pyridine rings is 1. The summed E-state index contributed by atoms with van der Waals surface area (Å²) in [5.74, 6) is 3.76. The minimum absolute atomic E-state index is 0.236. The van der Waals surface area contributed by atoms with Gasteiger partial charge in [0.2, 0.25) is 24.5 Å². The molecule has 2 aromatic carbocycles. The summed E-state index contributed by atoms with van der Waals surface area (Å²) in [7, 11) is 0. The number of benzene rings is 2. The van der Waals surface area contributed by atoms with Crippen LogP contribution in [-0.4, -0.2) is 28.6 Å². The van der Waals surface area contributed by atoms with Gasteiger partial charge in [0.1, 0.15) is 0 Å². The van der Waals surface area contributed by atoms with E-state index >= 15 is 0 Å². The first kappa shape index (κ1) is 21.9. The molecule has 0 atom stereocenters. The molecule has 0 unspecified atom stereocenters. The average molecular weight is 473 g/mol. The smallest absolute Gasteiger partial charge is 0.247 e. The molecule has 1 aliphatic carbocycles.